The lowest BCUT2D eigenvalue weighted by atomic mass is 9.93. The van der Waals surface area contributed by atoms with Gasteiger partial charge in [0.2, 0.25) is 0 Å². The summed E-state index contributed by atoms with van der Waals surface area (Å²) < 4.78 is 52.9. The zero-order valence-electron chi connectivity index (χ0n) is 10.4. The quantitative estimate of drug-likeness (QED) is 0.649. The first-order valence-corrected chi connectivity index (χ1v) is 6.22. The standard InChI is InChI=1S/C13H13F4NO2/c14-8-5-9(15)12(17)10(11(8)16)13(20)18-6-1-3-7(19)4-2-6/h5-7,19H,1-4H2,(H,18,20). The van der Waals surface area contributed by atoms with Crippen molar-refractivity contribution in [1.82, 2.24) is 5.32 Å². The van der Waals surface area contributed by atoms with E-state index in [1.165, 1.54) is 0 Å². The largest absolute Gasteiger partial charge is 0.393 e. The highest BCUT2D eigenvalue weighted by molar-refractivity contribution is 5.95. The molecule has 2 N–H and O–H groups in total. The van der Waals surface area contributed by atoms with Crippen LogP contribution in [0.1, 0.15) is 36.0 Å². The Morgan fingerprint density at radius 2 is 1.55 bits per heavy atom. The summed E-state index contributed by atoms with van der Waals surface area (Å²) in [5.41, 5.74) is -1.26. The molecule has 1 aromatic rings. The Labute approximate surface area is 112 Å². The molecule has 2 rings (SSSR count). The fourth-order valence-electron chi connectivity index (χ4n) is 2.25. The van der Waals surface area contributed by atoms with Crippen LogP contribution < -0.4 is 5.32 Å². The fraction of sp³-hybridized carbons (Fsp3) is 0.462. The van der Waals surface area contributed by atoms with E-state index >= 15 is 0 Å². The number of halogens is 4. The van der Waals surface area contributed by atoms with Crippen molar-refractivity contribution in [1.29, 1.82) is 0 Å². The molecule has 0 aromatic heterocycles. The van der Waals surface area contributed by atoms with E-state index in [2.05, 4.69) is 5.32 Å². The van der Waals surface area contributed by atoms with Gasteiger partial charge in [-0.15, -0.1) is 0 Å². The van der Waals surface area contributed by atoms with Crippen molar-refractivity contribution in [2.75, 3.05) is 0 Å². The first kappa shape index (κ1) is 14.8. The van der Waals surface area contributed by atoms with Crippen LogP contribution >= 0.6 is 0 Å². The highest BCUT2D eigenvalue weighted by Crippen LogP contribution is 2.22. The van der Waals surface area contributed by atoms with Crippen LogP contribution in [0.2, 0.25) is 0 Å². The predicted molar refractivity (Wildman–Crippen MR) is 62.0 cm³/mol. The van der Waals surface area contributed by atoms with E-state index in [4.69, 9.17) is 0 Å². The zero-order chi connectivity index (χ0) is 14.9. The van der Waals surface area contributed by atoms with Crippen molar-refractivity contribution in [3.63, 3.8) is 0 Å². The van der Waals surface area contributed by atoms with Crippen LogP contribution in [0.5, 0.6) is 0 Å². The third-order valence-electron chi connectivity index (χ3n) is 3.37. The molecule has 3 nitrogen and oxygen atoms in total. The molecule has 1 aliphatic carbocycles. The average Bonchev–Trinajstić information content (AvgIpc) is 2.39. The third-order valence-corrected chi connectivity index (χ3v) is 3.37. The van der Waals surface area contributed by atoms with Gasteiger partial charge in [0.05, 0.1) is 6.10 Å². The molecule has 1 fully saturated rings. The Morgan fingerprint density at radius 3 is 2.05 bits per heavy atom. The summed E-state index contributed by atoms with van der Waals surface area (Å²) in [6.07, 6.45) is 1.33. The van der Waals surface area contributed by atoms with Gasteiger partial charge in [-0.05, 0) is 25.7 Å². The fourth-order valence-corrected chi connectivity index (χ4v) is 2.25. The van der Waals surface area contributed by atoms with Gasteiger partial charge in [0, 0.05) is 12.1 Å². The number of carbonyl (C=O) groups excluding carboxylic acids is 1. The van der Waals surface area contributed by atoms with Gasteiger partial charge in [-0.2, -0.15) is 0 Å². The summed E-state index contributed by atoms with van der Waals surface area (Å²) in [6, 6.07) is -0.325. The van der Waals surface area contributed by atoms with E-state index in [1.807, 2.05) is 0 Å². The van der Waals surface area contributed by atoms with E-state index in [1.54, 1.807) is 0 Å². The van der Waals surface area contributed by atoms with E-state index in [0.717, 1.165) is 0 Å². The molecule has 0 heterocycles. The molecule has 0 unspecified atom stereocenters. The number of aliphatic hydroxyl groups is 1. The van der Waals surface area contributed by atoms with Crippen molar-refractivity contribution >= 4 is 5.91 Å². The van der Waals surface area contributed by atoms with Crippen LogP contribution in [0.4, 0.5) is 17.6 Å². The lowest BCUT2D eigenvalue weighted by molar-refractivity contribution is 0.0858. The number of hydrogen-bond acceptors (Lipinski definition) is 2. The SMILES string of the molecule is O=C(NC1CCC(O)CC1)c1c(F)c(F)cc(F)c1F. The Balaban J connectivity index is 2.17. The highest BCUT2D eigenvalue weighted by atomic mass is 19.2. The summed E-state index contributed by atoms with van der Waals surface area (Å²) in [7, 11) is 0. The van der Waals surface area contributed by atoms with Gasteiger partial charge in [-0.1, -0.05) is 0 Å². The molecule has 110 valence electrons. The number of aliphatic hydroxyl groups excluding tert-OH is 1. The predicted octanol–water partition coefficient (Wildman–Crippen LogP) is 2.28. The lowest BCUT2D eigenvalue weighted by Crippen LogP contribution is -2.39. The maximum Gasteiger partial charge on any atom is 0.257 e. The molecule has 0 aliphatic heterocycles. The van der Waals surface area contributed by atoms with Gasteiger partial charge in [-0.3, -0.25) is 4.79 Å². The molecule has 0 saturated heterocycles. The summed E-state index contributed by atoms with van der Waals surface area (Å²) in [4.78, 5) is 11.8. The number of amides is 1. The van der Waals surface area contributed by atoms with Crippen LogP contribution in [0.25, 0.3) is 0 Å². The molecule has 1 aromatic carbocycles. The van der Waals surface area contributed by atoms with Crippen LogP contribution in [0.15, 0.2) is 6.07 Å². The van der Waals surface area contributed by atoms with Crippen LogP contribution in [0, 0.1) is 23.3 Å². The molecular weight excluding hydrogens is 278 g/mol. The normalized spacial score (nSPS) is 22.6. The van der Waals surface area contributed by atoms with Crippen molar-refractivity contribution in [3.05, 3.63) is 34.9 Å². The molecule has 0 atom stereocenters. The van der Waals surface area contributed by atoms with E-state index in [0.29, 0.717) is 25.7 Å². The summed E-state index contributed by atoms with van der Waals surface area (Å²) >= 11 is 0. The van der Waals surface area contributed by atoms with Gasteiger partial charge >= 0.3 is 0 Å². The van der Waals surface area contributed by atoms with Crippen LogP contribution in [0.3, 0.4) is 0 Å². The first-order chi connectivity index (χ1) is 9.40. The smallest absolute Gasteiger partial charge is 0.257 e. The molecule has 1 amide bonds. The number of hydrogen-bond donors (Lipinski definition) is 2. The van der Waals surface area contributed by atoms with Crippen molar-refractivity contribution in [3.8, 4) is 0 Å². The van der Waals surface area contributed by atoms with Gasteiger partial charge in [0.15, 0.2) is 23.3 Å². The van der Waals surface area contributed by atoms with E-state index in [9.17, 15) is 27.5 Å². The zero-order valence-corrected chi connectivity index (χ0v) is 10.4. The number of nitrogens with one attached hydrogen (secondary N) is 1. The minimum absolute atomic E-state index is 0.0540. The molecular formula is C13H13F4NO2. The van der Waals surface area contributed by atoms with Crippen LogP contribution in [-0.4, -0.2) is 23.2 Å². The Hall–Kier alpha value is -1.63. The first-order valence-electron chi connectivity index (χ1n) is 6.22. The molecule has 1 saturated carbocycles. The second kappa shape index (κ2) is 5.78. The van der Waals surface area contributed by atoms with Gasteiger partial charge < -0.3 is 10.4 Å². The monoisotopic (exact) mass is 291 g/mol. The number of benzene rings is 1. The van der Waals surface area contributed by atoms with Crippen molar-refractivity contribution < 1.29 is 27.5 Å². The minimum Gasteiger partial charge on any atom is -0.393 e. The average molecular weight is 291 g/mol. The van der Waals surface area contributed by atoms with E-state index < -0.39 is 40.8 Å². The third kappa shape index (κ3) is 2.92. The molecule has 0 bridgehead atoms. The second-order valence-electron chi connectivity index (χ2n) is 4.82. The molecule has 0 spiro atoms. The van der Waals surface area contributed by atoms with Crippen molar-refractivity contribution in [2.45, 2.75) is 37.8 Å². The van der Waals surface area contributed by atoms with Crippen molar-refractivity contribution in [2.24, 2.45) is 0 Å². The maximum atomic E-state index is 13.4. The number of carbonyl (C=O) groups is 1. The lowest BCUT2D eigenvalue weighted by Gasteiger charge is -2.26. The summed E-state index contributed by atoms with van der Waals surface area (Å²) in [5.74, 6) is -7.85. The topological polar surface area (TPSA) is 49.3 Å². The molecule has 20 heavy (non-hydrogen) atoms. The summed E-state index contributed by atoms with van der Waals surface area (Å²) in [5, 5.41) is 11.6. The second-order valence-corrected chi connectivity index (χ2v) is 4.82. The Kier molecular flexibility index (Phi) is 4.27. The highest BCUT2D eigenvalue weighted by Gasteiger charge is 2.27. The molecule has 1 aliphatic rings. The molecule has 0 radical (unpaired) electrons. The summed E-state index contributed by atoms with van der Waals surface area (Å²) in [6.45, 7) is 0. The Bertz CT molecular complexity index is 501. The number of rotatable bonds is 2. The van der Waals surface area contributed by atoms with Gasteiger partial charge in [-0.25, -0.2) is 17.6 Å². The van der Waals surface area contributed by atoms with Gasteiger partial charge in [0.25, 0.3) is 5.91 Å². The van der Waals surface area contributed by atoms with Crippen LogP contribution in [-0.2, 0) is 0 Å². The van der Waals surface area contributed by atoms with Gasteiger partial charge in [0.1, 0.15) is 5.56 Å². The Morgan fingerprint density at radius 1 is 1.05 bits per heavy atom. The molecule has 7 heteroatoms. The van der Waals surface area contributed by atoms with E-state index in [-0.39, 0.29) is 12.1 Å². The maximum absolute atomic E-state index is 13.4. The minimum atomic E-state index is -1.71.